The Kier molecular flexibility index (Phi) is 5.16. The smallest absolute Gasteiger partial charge is 0.159 e. The lowest BCUT2D eigenvalue weighted by Gasteiger charge is -2.02. The van der Waals surface area contributed by atoms with Crippen LogP contribution < -0.4 is 10.1 Å². The maximum Gasteiger partial charge on any atom is 0.159 e. The largest absolute Gasteiger partial charge is 0.497 e. The first-order valence-electron chi connectivity index (χ1n) is 9.17. The molecule has 3 heterocycles. The normalized spacial score (nSPS) is 11.5. The summed E-state index contributed by atoms with van der Waals surface area (Å²) in [6, 6.07) is 7.87. The van der Waals surface area contributed by atoms with Crippen LogP contribution in [0.3, 0.4) is 0 Å². The van der Waals surface area contributed by atoms with E-state index in [1.807, 2.05) is 48.9 Å². The van der Waals surface area contributed by atoms with E-state index >= 15 is 0 Å². The van der Waals surface area contributed by atoms with Crippen LogP contribution in [-0.2, 0) is 6.54 Å². The zero-order valence-corrected chi connectivity index (χ0v) is 15.9. The summed E-state index contributed by atoms with van der Waals surface area (Å²) in [5.41, 5.74) is 5.69. The number of H-pyrrole nitrogens is 2. The summed E-state index contributed by atoms with van der Waals surface area (Å²) in [6.45, 7) is 3.83. The van der Waals surface area contributed by atoms with Crippen LogP contribution in [-0.4, -0.2) is 38.8 Å². The lowest BCUT2D eigenvalue weighted by atomic mass is 10.1. The number of hydrogen-bond donors (Lipinski definition) is 3. The van der Waals surface area contributed by atoms with Gasteiger partial charge in [0, 0.05) is 36.8 Å². The first-order valence-corrected chi connectivity index (χ1v) is 9.17. The molecular formula is C21H22N6O. The summed E-state index contributed by atoms with van der Waals surface area (Å²) >= 11 is 0. The molecule has 3 aromatic heterocycles. The molecule has 1 aromatic carbocycles. The molecule has 4 aromatic rings. The minimum atomic E-state index is 0.711. The van der Waals surface area contributed by atoms with E-state index in [0.29, 0.717) is 5.82 Å². The summed E-state index contributed by atoms with van der Waals surface area (Å²) in [4.78, 5) is 12.3. The number of nitrogens with zero attached hydrogens (tertiary/aromatic N) is 3. The van der Waals surface area contributed by atoms with Gasteiger partial charge in [0.25, 0.3) is 0 Å². The number of benzene rings is 1. The third-order valence-electron chi connectivity index (χ3n) is 4.43. The number of rotatable bonds is 7. The predicted molar refractivity (Wildman–Crippen MR) is 111 cm³/mol. The lowest BCUT2D eigenvalue weighted by Crippen LogP contribution is -2.11. The number of methoxy groups -OCH3 is 1. The van der Waals surface area contributed by atoms with E-state index in [1.165, 1.54) is 0 Å². The number of aromatic nitrogens is 5. The van der Waals surface area contributed by atoms with Crippen molar-refractivity contribution in [1.29, 1.82) is 0 Å². The molecule has 0 unspecified atom stereocenters. The molecule has 0 saturated heterocycles. The molecule has 0 fully saturated rings. The van der Waals surface area contributed by atoms with Gasteiger partial charge in [0.15, 0.2) is 5.82 Å². The molecule has 0 atom stereocenters. The van der Waals surface area contributed by atoms with Crippen molar-refractivity contribution in [1.82, 2.24) is 30.5 Å². The molecule has 0 aliphatic carbocycles. The number of nitrogens with one attached hydrogen (secondary N) is 3. The minimum absolute atomic E-state index is 0.711. The zero-order chi connectivity index (χ0) is 19.3. The minimum Gasteiger partial charge on any atom is -0.497 e. The molecule has 7 nitrogen and oxygen atoms in total. The van der Waals surface area contributed by atoms with Crippen molar-refractivity contribution in [3.8, 4) is 17.3 Å². The van der Waals surface area contributed by atoms with Crippen molar-refractivity contribution in [2.75, 3.05) is 13.7 Å². The second-order valence-corrected chi connectivity index (χ2v) is 6.40. The fourth-order valence-corrected chi connectivity index (χ4v) is 2.99. The highest BCUT2D eigenvalue weighted by atomic mass is 16.5. The number of fused-ring (bicyclic) bond motifs is 1. The highest BCUT2D eigenvalue weighted by molar-refractivity contribution is 5.83. The van der Waals surface area contributed by atoms with Crippen LogP contribution in [0.4, 0.5) is 0 Å². The molecule has 0 saturated carbocycles. The maximum atomic E-state index is 5.28. The summed E-state index contributed by atoms with van der Waals surface area (Å²) < 4.78 is 5.28. The van der Waals surface area contributed by atoms with Gasteiger partial charge in [-0.3, -0.25) is 10.1 Å². The fourth-order valence-electron chi connectivity index (χ4n) is 2.99. The number of aromatic amines is 2. The molecule has 4 rings (SSSR count). The van der Waals surface area contributed by atoms with Crippen molar-refractivity contribution < 1.29 is 4.74 Å². The summed E-state index contributed by atoms with van der Waals surface area (Å²) in [7, 11) is 1.65. The molecule has 28 heavy (non-hydrogen) atoms. The Balaban J connectivity index is 1.60. The average molecular weight is 374 g/mol. The standard InChI is InChI=1S/C21H22N6O/c1-3-22-11-15-8-14(10-23-12-15)4-5-16-13-24-27-20(16)21-25-18-7-6-17(28-2)9-19(18)26-21/h4-10,12-13,22H,3,11H2,1-2H3,(H,24,27)(H,25,26)/b5-4-. The first-order chi connectivity index (χ1) is 13.8. The van der Waals surface area contributed by atoms with E-state index in [4.69, 9.17) is 4.74 Å². The van der Waals surface area contributed by atoms with Crippen LogP contribution in [0.5, 0.6) is 5.75 Å². The van der Waals surface area contributed by atoms with Crippen molar-refractivity contribution in [3.63, 3.8) is 0 Å². The van der Waals surface area contributed by atoms with Crippen LogP contribution in [0.2, 0.25) is 0 Å². The topological polar surface area (TPSA) is 91.5 Å². The van der Waals surface area contributed by atoms with Crippen molar-refractivity contribution in [3.05, 3.63) is 59.5 Å². The molecule has 0 bridgehead atoms. The van der Waals surface area contributed by atoms with Gasteiger partial charge >= 0.3 is 0 Å². The van der Waals surface area contributed by atoms with E-state index in [0.717, 1.165) is 52.3 Å². The third kappa shape index (κ3) is 3.79. The van der Waals surface area contributed by atoms with Crippen LogP contribution in [0.15, 0.2) is 42.9 Å². The van der Waals surface area contributed by atoms with Crippen LogP contribution in [0.25, 0.3) is 34.7 Å². The van der Waals surface area contributed by atoms with Gasteiger partial charge in [0.1, 0.15) is 11.4 Å². The highest BCUT2D eigenvalue weighted by Gasteiger charge is 2.12. The molecule has 0 radical (unpaired) electrons. The van der Waals surface area contributed by atoms with Crippen LogP contribution in [0, 0.1) is 0 Å². The Bertz CT molecular complexity index is 1110. The van der Waals surface area contributed by atoms with Gasteiger partial charge < -0.3 is 15.0 Å². The van der Waals surface area contributed by atoms with Gasteiger partial charge in [-0.2, -0.15) is 5.10 Å². The zero-order valence-electron chi connectivity index (χ0n) is 15.9. The molecule has 7 heteroatoms. The van der Waals surface area contributed by atoms with Gasteiger partial charge in [-0.15, -0.1) is 0 Å². The van der Waals surface area contributed by atoms with E-state index in [2.05, 4.69) is 43.5 Å². The van der Waals surface area contributed by atoms with Gasteiger partial charge in [0.05, 0.1) is 18.1 Å². The molecule has 3 N–H and O–H groups in total. The highest BCUT2D eigenvalue weighted by Crippen LogP contribution is 2.25. The third-order valence-corrected chi connectivity index (χ3v) is 4.43. The number of hydrogen-bond acceptors (Lipinski definition) is 5. The van der Waals surface area contributed by atoms with Crippen molar-refractivity contribution in [2.24, 2.45) is 0 Å². The predicted octanol–water partition coefficient (Wildman–Crippen LogP) is 3.64. The monoisotopic (exact) mass is 374 g/mol. The van der Waals surface area contributed by atoms with Gasteiger partial charge in [0.2, 0.25) is 0 Å². The SMILES string of the molecule is CCNCc1cncc(/C=C\c2c[nH]nc2-c2nc3ccc(OC)cc3[nH]2)c1. The molecule has 142 valence electrons. The second-order valence-electron chi connectivity index (χ2n) is 6.40. The summed E-state index contributed by atoms with van der Waals surface area (Å²) in [5.74, 6) is 1.50. The van der Waals surface area contributed by atoms with E-state index < -0.39 is 0 Å². The molecule has 0 spiro atoms. The van der Waals surface area contributed by atoms with E-state index in [1.54, 1.807) is 7.11 Å². The molecule has 0 aliphatic rings. The number of imidazole rings is 1. The number of pyridine rings is 1. The van der Waals surface area contributed by atoms with Gasteiger partial charge in [-0.05, 0) is 35.9 Å². The van der Waals surface area contributed by atoms with Crippen molar-refractivity contribution in [2.45, 2.75) is 13.5 Å². The molecule has 0 amide bonds. The Morgan fingerprint density at radius 2 is 2.11 bits per heavy atom. The van der Waals surface area contributed by atoms with E-state index in [9.17, 15) is 0 Å². The van der Waals surface area contributed by atoms with Crippen LogP contribution >= 0.6 is 0 Å². The van der Waals surface area contributed by atoms with E-state index in [-0.39, 0.29) is 0 Å². The van der Waals surface area contributed by atoms with Crippen LogP contribution in [0.1, 0.15) is 23.6 Å². The maximum absolute atomic E-state index is 5.28. The first kappa shape index (κ1) is 17.9. The Morgan fingerprint density at radius 1 is 1.18 bits per heavy atom. The quantitative estimate of drug-likeness (QED) is 0.459. The fraction of sp³-hybridized carbons (Fsp3) is 0.190. The average Bonchev–Trinajstić information content (AvgIpc) is 3.36. The summed E-state index contributed by atoms with van der Waals surface area (Å²) in [5, 5.41) is 10.6. The molecule has 0 aliphatic heterocycles. The molecular weight excluding hydrogens is 352 g/mol. The second kappa shape index (κ2) is 8.06. The Labute approximate surface area is 162 Å². The van der Waals surface area contributed by atoms with Gasteiger partial charge in [-0.25, -0.2) is 4.98 Å². The Morgan fingerprint density at radius 3 is 2.96 bits per heavy atom. The number of ether oxygens (including phenoxy) is 1. The van der Waals surface area contributed by atoms with Gasteiger partial charge in [-0.1, -0.05) is 19.1 Å². The summed E-state index contributed by atoms with van der Waals surface area (Å²) in [6.07, 6.45) is 9.63. The Hall–Kier alpha value is -3.45. The lowest BCUT2D eigenvalue weighted by molar-refractivity contribution is 0.415. The van der Waals surface area contributed by atoms with Crippen molar-refractivity contribution >= 4 is 23.2 Å².